The van der Waals surface area contributed by atoms with Crippen molar-refractivity contribution in [1.82, 2.24) is 0 Å². The molecule has 0 aliphatic rings. The number of thioether (sulfide) groups is 1. The Morgan fingerprint density at radius 2 is 1.03 bits per heavy atom. The molecule has 0 aliphatic carbocycles. The molecule has 2 nitrogen and oxygen atoms in total. The summed E-state index contributed by atoms with van der Waals surface area (Å²) in [6.45, 7) is 2.78. The fourth-order valence-electron chi connectivity index (χ4n) is 3.53. The van der Waals surface area contributed by atoms with Crippen molar-refractivity contribution in [3.63, 3.8) is 0 Å². The van der Waals surface area contributed by atoms with Crippen LogP contribution >= 0.6 is 27.7 Å². The van der Waals surface area contributed by atoms with Gasteiger partial charge in [0.05, 0.1) is 24.6 Å². The molecular weight excluding hydrogens is 456 g/mol. The highest BCUT2D eigenvalue weighted by atomic mass is 79.9. The van der Waals surface area contributed by atoms with Crippen LogP contribution in [0.2, 0.25) is 0 Å². The largest absolute Gasteiger partial charge is 0.379 e. The molecule has 0 saturated heterocycles. The molecule has 0 fully saturated rings. The molecule has 0 aromatic heterocycles. The van der Waals surface area contributed by atoms with Crippen LogP contribution < -0.4 is 0 Å². The molecule has 3 rings (SSSR count). The molecule has 3 aromatic carbocycles. The van der Waals surface area contributed by atoms with E-state index in [9.17, 15) is 0 Å². The van der Waals surface area contributed by atoms with E-state index < -0.39 is 0 Å². The summed E-state index contributed by atoms with van der Waals surface area (Å²) in [4.78, 5) is 0. The molecule has 0 heterocycles. The SMILES string of the molecule is BrCCOCCOCCCSC(c1ccccc1)(c1ccccc1)c1ccccc1. The Labute approximate surface area is 193 Å². The lowest BCUT2D eigenvalue weighted by Gasteiger charge is -2.35. The molecule has 0 unspecified atom stereocenters. The second-order valence-electron chi connectivity index (χ2n) is 6.90. The Hall–Kier alpha value is -1.59. The van der Waals surface area contributed by atoms with Crippen LogP contribution in [0.1, 0.15) is 23.1 Å². The molecule has 3 aromatic rings. The van der Waals surface area contributed by atoms with Crippen molar-refractivity contribution in [2.75, 3.05) is 37.5 Å². The third kappa shape index (κ3) is 6.21. The Morgan fingerprint density at radius 1 is 0.600 bits per heavy atom. The summed E-state index contributed by atoms with van der Waals surface area (Å²) in [5, 5.41) is 0.865. The van der Waals surface area contributed by atoms with Gasteiger partial charge in [-0.3, -0.25) is 0 Å². The predicted molar refractivity (Wildman–Crippen MR) is 132 cm³/mol. The highest BCUT2D eigenvalue weighted by molar-refractivity contribution is 9.09. The zero-order valence-electron chi connectivity index (χ0n) is 17.2. The average Bonchev–Trinajstić information content (AvgIpc) is 2.82. The lowest BCUT2D eigenvalue weighted by atomic mass is 9.84. The Kier molecular flexibility index (Phi) is 9.97. The lowest BCUT2D eigenvalue weighted by molar-refractivity contribution is 0.0546. The summed E-state index contributed by atoms with van der Waals surface area (Å²) in [5.41, 5.74) is 3.91. The molecule has 158 valence electrons. The first kappa shape index (κ1) is 23.1. The Morgan fingerprint density at radius 3 is 1.47 bits per heavy atom. The van der Waals surface area contributed by atoms with Gasteiger partial charge in [0, 0.05) is 11.9 Å². The van der Waals surface area contributed by atoms with Crippen molar-refractivity contribution >= 4 is 27.7 Å². The van der Waals surface area contributed by atoms with E-state index in [-0.39, 0.29) is 4.75 Å². The van der Waals surface area contributed by atoms with Crippen LogP contribution in [0.3, 0.4) is 0 Å². The summed E-state index contributed by atoms with van der Waals surface area (Å²) < 4.78 is 11.0. The van der Waals surface area contributed by atoms with Gasteiger partial charge in [-0.15, -0.1) is 11.8 Å². The van der Waals surface area contributed by atoms with Crippen LogP contribution in [0.15, 0.2) is 91.0 Å². The molecule has 0 aliphatic heterocycles. The van der Waals surface area contributed by atoms with Crippen molar-refractivity contribution in [2.45, 2.75) is 11.2 Å². The van der Waals surface area contributed by atoms with Crippen LogP contribution in [0.5, 0.6) is 0 Å². The van der Waals surface area contributed by atoms with E-state index >= 15 is 0 Å². The second kappa shape index (κ2) is 13.0. The van der Waals surface area contributed by atoms with Gasteiger partial charge in [-0.25, -0.2) is 0 Å². The molecule has 4 heteroatoms. The van der Waals surface area contributed by atoms with E-state index in [0.717, 1.165) is 30.7 Å². The molecule has 0 spiro atoms. The van der Waals surface area contributed by atoms with Crippen LogP contribution in [-0.4, -0.2) is 37.5 Å². The molecule has 0 saturated carbocycles. The van der Waals surface area contributed by atoms with Crippen molar-refractivity contribution in [3.8, 4) is 0 Å². The van der Waals surface area contributed by atoms with E-state index in [0.29, 0.717) is 13.2 Å². The van der Waals surface area contributed by atoms with Crippen LogP contribution in [0.4, 0.5) is 0 Å². The topological polar surface area (TPSA) is 18.5 Å². The maximum absolute atomic E-state index is 5.76. The first-order chi connectivity index (χ1) is 14.9. The van der Waals surface area contributed by atoms with Crippen LogP contribution in [0.25, 0.3) is 0 Å². The first-order valence-electron chi connectivity index (χ1n) is 10.4. The minimum atomic E-state index is -0.247. The van der Waals surface area contributed by atoms with Gasteiger partial charge in [0.25, 0.3) is 0 Å². The van der Waals surface area contributed by atoms with E-state index in [2.05, 4.69) is 107 Å². The van der Waals surface area contributed by atoms with Crippen molar-refractivity contribution in [3.05, 3.63) is 108 Å². The highest BCUT2D eigenvalue weighted by Gasteiger charge is 2.36. The number of benzene rings is 3. The molecule has 30 heavy (non-hydrogen) atoms. The van der Waals surface area contributed by atoms with Crippen molar-refractivity contribution in [2.24, 2.45) is 0 Å². The van der Waals surface area contributed by atoms with Gasteiger partial charge in [-0.1, -0.05) is 107 Å². The second-order valence-corrected chi connectivity index (χ2v) is 9.00. The maximum Gasteiger partial charge on any atom is 0.0906 e. The average molecular weight is 485 g/mol. The molecule has 0 amide bonds. The van der Waals surface area contributed by atoms with Gasteiger partial charge >= 0.3 is 0 Å². The van der Waals surface area contributed by atoms with E-state index in [1.54, 1.807) is 0 Å². The van der Waals surface area contributed by atoms with Crippen LogP contribution in [0, 0.1) is 0 Å². The number of hydrogen-bond acceptors (Lipinski definition) is 3. The first-order valence-corrected chi connectivity index (χ1v) is 12.5. The Bertz CT molecular complexity index is 731. The fraction of sp³-hybridized carbons (Fsp3) is 0.308. The number of alkyl halides is 1. The van der Waals surface area contributed by atoms with Crippen LogP contribution in [-0.2, 0) is 14.2 Å². The standard InChI is InChI=1S/C26H29BrO2S/c27-17-19-29-21-20-28-18-10-22-30-26(23-11-4-1-5-12-23,24-13-6-2-7-14-24)25-15-8-3-9-16-25/h1-9,11-16H,10,17-22H2. The molecule has 0 N–H and O–H groups in total. The Balaban J connectivity index is 1.77. The summed E-state index contributed by atoms with van der Waals surface area (Å²) in [7, 11) is 0. The van der Waals surface area contributed by atoms with E-state index in [1.165, 1.54) is 16.7 Å². The predicted octanol–water partition coefficient (Wildman–Crippen LogP) is 6.53. The molecule has 0 radical (unpaired) electrons. The van der Waals surface area contributed by atoms with E-state index in [1.807, 2.05) is 11.8 Å². The van der Waals surface area contributed by atoms with Gasteiger partial charge in [0.1, 0.15) is 0 Å². The van der Waals surface area contributed by atoms with Crippen molar-refractivity contribution < 1.29 is 9.47 Å². The number of hydrogen-bond donors (Lipinski definition) is 0. The molecular formula is C26H29BrO2S. The zero-order valence-corrected chi connectivity index (χ0v) is 19.6. The quantitative estimate of drug-likeness (QED) is 0.156. The monoisotopic (exact) mass is 484 g/mol. The number of ether oxygens (including phenoxy) is 2. The third-order valence-electron chi connectivity index (χ3n) is 4.89. The third-order valence-corrected chi connectivity index (χ3v) is 6.84. The van der Waals surface area contributed by atoms with Gasteiger partial charge < -0.3 is 9.47 Å². The molecule has 0 atom stereocenters. The van der Waals surface area contributed by atoms with Gasteiger partial charge in [-0.05, 0) is 28.9 Å². The normalized spacial score (nSPS) is 11.5. The highest BCUT2D eigenvalue weighted by Crippen LogP contribution is 2.48. The van der Waals surface area contributed by atoms with Crippen molar-refractivity contribution in [1.29, 1.82) is 0 Å². The minimum Gasteiger partial charge on any atom is -0.379 e. The van der Waals surface area contributed by atoms with Gasteiger partial charge in [0.2, 0.25) is 0 Å². The lowest BCUT2D eigenvalue weighted by Crippen LogP contribution is -2.26. The van der Waals surface area contributed by atoms with E-state index in [4.69, 9.17) is 9.47 Å². The summed E-state index contributed by atoms with van der Waals surface area (Å²) in [6.07, 6.45) is 0.997. The molecule has 0 bridgehead atoms. The zero-order chi connectivity index (χ0) is 20.9. The fourth-order valence-corrected chi connectivity index (χ4v) is 5.24. The van der Waals surface area contributed by atoms with Gasteiger partial charge in [0.15, 0.2) is 0 Å². The smallest absolute Gasteiger partial charge is 0.0906 e. The minimum absolute atomic E-state index is 0.247. The number of rotatable bonds is 13. The maximum atomic E-state index is 5.76. The summed E-state index contributed by atoms with van der Waals surface area (Å²) in [5.74, 6) is 1.00. The van der Waals surface area contributed by atoms with Gasteiger partial charge in [-0.2, -0.15) is 0 Å². The summed E-state index contributed by atoms with van der Waals surface area (Å²) in [6, 6.07) is 32.5. The summed E-state index contributed by atoms with van der Waals surface area (Å²) >= 11 is 5.34. The number of halogens is 1.